The van der Waals surface area contributed by atoms with E-state index in [9.17, 15) is 4.79 Å². The quantitative estimate of drug-likeness (QED) is 0.588. The van der Waals surface area contributed by atoms with Crippen molar-refractivity contribution in [2.24, 2.45) is 5.92 Å². The Morgan fingerprint density at radius 2 is 2.29 bits per heavy atom. The minimum absolute atomic E-state index is 0.140. The first kappa shape index (κ1) is 11.5. The average Bonchev–Trinajstić information content (AvgIpc) is 2.08. The fraction of sp³-hybridized carbons (Fsp3) is 0.900. The average molecular weight is 201 g/mol. The molecule has 3 unspecified atom stereocenters. The Balaban J connectivity index is 2.20. The maximum absolute atomic E-state index is 10.7. The molecule has 0 heterocycles. The third-order valence-electron chi connectivity index (χ3n) is 2.89. The molecule has 1 rings (SSSR count). The summed E-state index contributed by atoms with van der Waals surface area (Å²) in [5.41, 5.74) is 0. The molecule has 0 aliphatic heterocycles. The standard InChI is InChI=1S/C10H19NO3/c1-7(3-2-6-12)11-9-5-4-8(9)10(13)14/h7-9,11-12H,2-6H2,1H3,(H,13,14). The Kier molecular flexibility index (Phi) is 4.35. The van der Waals surface area contributed by atoms with Crippen LogP contribution in [0.4, 0.5) is 0 Å². The number of carboxylic acid groups (broad SMARTS) is 1. The van der Waals surface area contributed by atoms with Gasteiger partial charge in [0.15, 0.2) is 0 Å². The summed E-state index contributed by atoms with van der Waals surface area (Å²) < 4.78 is 0. The van der Waals surface area contributed by atoms with Crippen LogP contribution in [-0.4, -0.2) is 34.9 Å². The van der Waals surface area contributed by atoms with Gasteiger partial charge in [-0.1, -0.05) is 0 Å². The lowest BCUT2D eigenvalue weighted by molar-refractivity contribution is -0.146. The Morgan fingerprint density at radius 1 is 1.57 bits per heavy atom. The van der Waals surface area contributed by atoms with Crippen LogP contribution in [0.25, 0.3) is 0 Å². The molecule has 1 aliphatic rings. The van der Waals surface area contributed by atoms with Gasteiger partial charge < -0.3 is 15.5 Å². The van der Waals surface area contributed by atoms with Gasteiger partial charge in [-0.15, -0.1) is 0 Å². The molecule has 3 N–H and O–H groups in total. The number of carbonyl (C=O) groups is 1. The summed E-state index contributed by atoms with van der Waals surface area (Å²) in [5, 5.41) is 20.7. The lowest BCUT2D eigenvalue weighted by Crippen LogP contribution is -2.50. The third-order valence-corrected chi connectivity index (χ3v) is 2.89. The summed E-state index contributed by atoms with van der Waals surface area (Å²) in [7, 11) is 0. The molecular weight excluding hydrogens is 182 g/mol. The molecule has 0 aromatic carbocycles. The minimum Gasteiger partial charge on any atom is -0.481 e. The molecule has 0 aromatic heterocycles. The van der Waals surface area contributed by atoms with E-state index in [1.807, 2.05) is 6.92 Å². The van der Waals surface area contributed by atoms with Crippen LogP contribution in [0.1, 0.15) is 32.6 Å². The predicted octanol–water partition coefficient (Wildman–Crippen LogP) is 0.600. The van der Waals surface area contributed by atoms with Gasteiger partial charge in [0.05, 0.1) is 5.92 Å². The van der Waals surface area contributed by atoms with Crippen molar-refractivity contribution in [3.8, 4) is 0 Å². The van der Waals surface area contributed by atoms with Crippen molar-refractivity contribution in [1.82, 2.24) is 5.32 Å². The molecule has 1 fully saturated rings. The second-order valence-corrected chi connectivity index (χ2v) is 4.06. The lowest BCUT2D eigenvalue weighted by atomic mass is 9.79. The van der Waals surface area contributed by atoms with Crippen LogP contribution in [0.5, 0.6) is 0 Å². The van der Waals surface area contributed by atoms with Crippen LogP contribution in [0.15, 0.2) is 0 Å². The van der Waals surface area contributed by atoms with Crippen molar-refractivity contribution in [1.29, 1.82) is 0 Å². The highest BCUT2D eigenvalue weighted by atomic mass is 16.4. The van der Waals surface area contributed by atoms with Gasteiger partial charge in [0.1, 0.15) is 0 Å². The predicted molar refractivity (Wildman–Crippen MR) is 53.1 cm³/mol. The molecule has 0 bridgehead atoms. The number of carboxylic acids is 1. The minimum atomic E-state index is -0.692. The molecule has 3 atom stereocenters. The first-order chi connectivity index (χ1) is 6.65. The summed E-state index contributed by atoms with van der Waals surface area (Å²) in [6.07, 6.45) is 3.43. The molecule has 1 saturated carbocycles. The summed E-state index contributed by atoms with van der Waals surface area (Å²) in [4.78, 5) is 10.7. The second-order valence-electron chi connectivity index (χ2n) is 4.06. The van der Waals surface area contributed by atoms with E-state index in [2.05, 4.69) is 5.32 Å². The molecule has 0 amide bonds. The zero-order chi connectivity index (χ0) is 10.6. The maximum atomic E-state index is 10.7. The second kappa shape index (κ2) is 5.32. The summed E-state index contributed by atoms with van der Waals surface area (Å²) >= 11 is 0. The Hall–Kier alpha value is -0.610. The first-order valence-corrected chi connectivity index (χ1v) is 5.25. The largest absolute Gasteiger partial charge is 0.481 e. The summed E-state index contributed by atoms with van der Waals surface area (Å²) in [6.45, 7) is 2.24. The molecule has 0 aromatic rings. The molecular formula is C10H19NO3. The van der Waals surface area contributed by atoms with Gasteiger partial charge in [-0.25, -0.2) is 0 Å². The van der Waals surface area contributed by atoms with E-state index in [1.165, 1.54) is 0 Å². The molecule has 0 radical (unpaired) electrons. The first-order valence-electron chi connectivity index (χ1n) is 5.25. The smallest absolute Gasteiger partial charge is 0.308 e. The number of aliphatic carboxylic acids is 1. The van der Waals surface area contributed by atoms with E-state index in [0.29, 0.717) is 6.04 Å². The number of rotatable bonds is 6. The van der Waals surface area contributed by atoms with E-state index < -0.39 is 5.97 Å². The van der Waals surface area contributed by atoms with Crippen LogP contribution in [0, 0.1) is 5.92 Å². The van der Waals surface area contributed by atoms with Crippen molar-refractivity contribution >= 4 is 5.97 Å². The van der Waals surface area contributed by atoms with Crippen LogP contribution in [-0.2, 0) is 4.79 Å². The highest BCUT2D eigenvalue weighted by Gasteiger charge is 2.36. The van der Waals surface area contributed by atoms with Gasteiger partial charge in [-0.2, -0.15) is 0 Å². The number of hydrogen-bond donors (Lipinski definition) is 3. The number of nitrogens with one attached hydrogen (secondary N) is 1. The van der Waals surface area contributed by atoms with E-state index in [0.717, 1.165) is 25.7 Å². The molecule has 82 valence electrons. The topological polar surface area (TPSA) is 69.6 Å². The molecule has 14 heavy (non-hydrogen) atoms. The van der Waals surface area contributed by atoms with Crippen molar-refractivity contribution in [3.05, 3.63) is 0 Å². The monoisotopic (exact) mass is 201 g/mol. The van der Waals surface area contributed by atoms with Crippen LogP contribution >= 0.6 is 0 Å². The van der Waals surface area contributed by atoms with Crippen molar-refractivity contribution in [2.75, 3.05) is 6.61 Å². The SMILES string of the molecule is CC(CCCO)NC1CCC1C(=O)O. The van der Waals surface area contributed by atoms with E-state index >= 15 is 0 Å². The van der Waals surface area contributed by atoms with Crippen LogP contribution in [0.3, 0.4) is 0 Å². The highest BCUT2D eigenvalue weighted by Crippen LogP contribution is 2.28. The summed E-state index contributed by atoms with van der Waals surface area (Å²) in [5.74, 6) is -0.894. The maximum Gasteiger partial charge on any atom is 0.308 e. The zero-order valence-corrected chi connectivity index (χ0v) is 8.57. The molecule has 4 heteroatoms. The van der Waals surface area contributed by atoms with Gasteiger partial charge in [-0.3, -0.25) is 4.79 Å². The number of aliphatic hydroxyl groups excluding tert-OH is 1. The Morgan fingerprint density at radius 3 is 2.71 bits per heavy atom. The van der Waals surface area contributed by atoms with Gasteiger partial charge in [-0.05, 0) is 32.6 Å². The Bertz CT molecular complexity index is 196. The number of hydrogen-bond acceptors (Lipinski definition) is 3. The molecule has 4 nitrogen and oxygen atoms in total. The summed E-state index contributed by atoms with van der Waals surface area (Å²) in [6, 6.07) is 0.440. The van der Waals surface area contributed by atoms with Gasteiger partial charge in [0.2, 0.25) is 0 Å². The molecule has 0 saturated heterocycles. The fourth-order valence-electron chi connectivity index (χ4n) is 1.84. The molecule has 1 aliphatic carbocycles. The zero-order valence-electron chi connectivity index (χ0n) is 8.57. The lowest BCUT2D eigenvalue weighted by Gasteiger charge is -2.36. The Labute approximate surface area is 84.3 Å². The van der Waals surface area contributed by atoms with Crippen LogP contribution < -0.4 is 5.32 Å². The highest BCUT2D eigenvalue weighted by molar-refractivity contribution is 5.72. The fourth-order valence-corrected chi connectivity index (χ4v) is 1.84. The van der Waals surface area contributed by atoms with Crippen LogP contribution in [0.2, 0.25) is 0 Å². The van der Waals surface area contributed by atoms with Crippen molar-refractivity contribution in [2.45, 2.75) is 44.7 Å². The van der Waals surface area contributed by atoms with E-state index in [1.54, 1.807) is 0 Å². The van der Waals surface area contributed by atoms with Crippen molar-refractivity contribution in [3.63, 3.8) is 0 Å². The van der Waals surface area contributed by atoms with Gasteiger partial charge >= 0.3 is 5.97 Å². The van der Waals surface area contributed by atoms with Gasteiger partial charge in [0.25, 0.3) is 0 Å². The molecule has 0 spiro atoms. The van der Waals surface area contributed by atoms with Gasteiger partial charge in [0, 0.05) is 18.7 Å². The normalized spacial score (nSPS) is 28.1. The van der Waals surface area contributed by atoms with E-state index in [-0.39, 0.29) is 18.6 Å². The number of aliphatic hydroxyl groups is 1. The third kappa shape index (κ3) is 2.96. The van der Waals surface area contributed by atoms with E-state index in [4.69, 9.17) is 10.2 Å². The van der Waals surface area contributed by atoms with Crippen molar-refractivity contribution < 1.29 is 15.0 Å².